The first-order valence-electron chi connectivity index (χ1n) is 9.13. The van der Waals surface area contributed by atoms with E-state index in [-0.39, 0.29) is 18.3 Å². The molecule has 0 fully saturated rings. The van der Waals surface area contributed by atoms with Crippen LogP contribution < -0.4 is 11.1 Å². The van der Waals surface area contributed by atoms with Gasteiger partial charge in [-0.3, -0.25) is 14.5 Å². The van der Waals surface area contributed by atoms with Gasteiger partial charge in [-0.05, 0) is 43.7 Å². The monoisotopic (exact) mass is 439 g/mol. The Labute approximate surface area is 180 Å². The zero-order valence-electron chi connectivity index (χ0n) is 16.3. The van der Waals surface area contributed by atoms with Crippen molar-refractivity contribution in [2.45, 2.75) is 44.7 Å². The average molecular weight is 440 g/mol. The summed E-state index contributed by atoms with van der Waals surface area (Å²) in [5.74, 6) is 0.209. The third kappa shape index (κ3) is 4.71. The van der Waals surface area contributed by atoms with Gasteiger partial charge in [0.1, 0.15) is 5.00 Å². The fourth-order valence-corrected chi connectivity index (χ4v) is 5.39. The second-order valence-corrected chi connectivity index (χ2v) is 9.18. The van der Waals surface area contributed by atoms with Gasteiger partial charge in [0.05, 0.1) is 11.1 Å². The Hall–Kier alpha value is -1.54. The lowest BCUT2D eigenvalue weighted by Gasteiger charge is -2.30. The van der Waals surface area contributed by atoms with Crippen LogP contribution in [0.3, 0.4) is 0 Å². The summed E-state index contributed by atoms with van der Waals surface area (Å²) in [6.07, 6.45) is 0.778. The minimum atomic E-state index is -0.475. The molecule has 8 heteroatoms. The van der Waals surface area contributed by atoms with Crippen LogP contribution in [0.15, 0.2) is 29.2 Å². The van der Waals surface area contributed by atoms with Gasteiger partial charge >= 0.3 is 0 Å². The van der Waals surface area contributed by atoms with Crippen LogP contribution in [0, 0.1) is 0 Å². The number of nitrogens with two attached hydrogens (primary N) is 1. The van der Waals surface area contributed by atoms with Gasteiger partial charge in [0.15, 0.2) is 0 Å². The highest BCUT2D eigenvalue weighted by Crippen LogP contribution is 2.38. The zero-order valence-corrected chi connectivity index (χ0v) is 18.7. The van der Waals surface area contributed by atoms with Gasteiger partial charge in [0, 0.05) is 28.9 Å². The first-order valence-corrected chi connectivity index (χ1v) is 10.9. The van der Waals surface area contributed by atoms with Crippen molar-refractivity contribution in [3.63, 3.8) is 0 Å². The number of hydrogen-bond acceptors (Lipinski definition) is 5. The highest BCUT2D eigenvalue weighted by molar-refractivity contribution is 7.99. The highest BCUT2D eigenvalue weighted by atomic mass is 35.5. The Bertz CT molecular complexity index is 867. The molecule has 0 radical (unpaired) electrons. The molecule has 28 heavy (non-hydrogen) atoms. The van der Waals surface area contributed by atoms with Crippen LogP contribution in [-0.4, -0.2) is 35.1 Å². The topological polar surface area (TPSA) is 75.4 Å². The summed E-state index contributed by atoms with van der Waals surface area (Å²) in [5, 5.41) is 3.52. The van der Waals surface area contributed by atoms with E-state index >= 15 is 0 Å². The van der Waals surface area contributed by atoms with Crippen LogP contribution in [0.5, 0.6) is 0 Å². The Balaban J connectivity index is 0.00000280. The quantitative estimate of drug-likeness (QED) is 0.654. The number of halogens is 1. The first-order chi connectivity index (χ1) is 12.9. The molecule has 1 aromatic heterocycles. The molecule has 0 saturated heterocycles. The van der Waals surface area contributed by atoms with Crippen molar-refractivity contribution >= 4 is 52.3 Å². The third-order valence-electron chi connectivity index (χ3n) is 4.72. The molecule has 0 unspecified atom stereocenters. The number of carbonyl (C=O) groups excluding carboxylic acids is 2. The van der Waals surface area contributed by atoms with E-state index in [0.717, 1.165) is 40.6 Å². The number of thiophene rings is 1. The molecule has 0 aliphatic carbocycles. The molecule has 1 aliphatic heterocycles. The van der Waals surface area contributed by atoms with E-state index in [2.05, 4.69) is 31.0 Å². The number of rotatable bonds is 6. The number of nitrogens with one attached hydrogen (secondary N) is 1. The van der Waals surface area contributed by atoms with E-state index in [9.17, 15) is 9.59 Å². The molecular weight excluding hydrogens is 414 g/mol. The minimum Gasteiger partial charge on any atom is -0.365 e. The molecule has 3 rings (SSSR count). The number of nitrogens with zero attached hydrogens (tertiary/aromatic N) is 1. The molecule has 152 valence electrons. The van der Waals surface area contributed by atoms with Crippen LogP contribution in [-0.2, 0) is 13.0 Å². The van der Waals surface area contributed by atoms with Gasteiger partial charge in [-0.2, -0.15) is 0 Å². The minimum absolute atomic E-state index is 0. The average Bonchev–Trinajstić information content (AvgIpc) is 2.99. The highest BCUT2D eigenvalue weighted by Gasteiger charge is 2.28. The smallest absolute Gasteiger partial charge is 0.257 e. The number of anilines is 1. The summed E-state index contributed by atoms with van der Waals surface area (Å²) in [4.78, 5) is 29.4. The number of amides is 2. The van der Waals surface area contributed by atoms with Crippen LogP contribution in [0.25, 0.3) is 0 Å². The van der Waals surface area contributed by atoms with Crippen molar-refractivity contribution in [1.82, 2.24) is 4.90 Å². The molecule has 0 bridgehead atoms. The van der Waals surface area contributed by atoms with Crippen molar-refractivity contribution in [1.29, 1.82) is 0 Å². The fourth-order valence-electron chi connectivity index (χ4n) is 3.32. The van der Waals surface area contributed by atoms with Gasteiger partial charge in [-0.15, -0.1) is 35.5 Å². The van der Waals surface area contributed by atoms with E-state index < -0.39 is 5.91 Å². The summed E-state index contributed by atoms with van der Waals surface area (Å²) in [5.41, 5.74) is 7.76. The summed E-state index contributed by atoms with van der Waals surface area (Å²) in [7, 11) is 0. The van der Waals surface area contributed by atoms with Crippen molar-refractivity contribution in [3.8, 4) is 0 Å². The molecule has 2 amide bonds. The molecule has 2 heterocycles. The molecule has 1 aliphatic rings. The maximum absolute atomic E-state index is 12.9. The third-order valence-corrected chi connectivity index (χ3v) is 6.81. The SMILES string of the molecule is CCSc1ccccc1C(=O)Nc1sc2c(c1C(N)=O)CCN(C(C)C)C2.Cl. The molecule has 0 spiro atoms. The van der Waals surface area contributed by atoms with Gasteiger partial charge < -0.3 is 11.1 Å². The van der Waals surface area contributed by atoms with Crippen LogP contribution in [0.1, 0.15) is 51.9 Å². The van der Waals surface area contributed by atoms with E-state index in [1.165, 1.54) is 11.3 Å². The van der Waals surface area contributed by atoms with Crippen LogP contribution >= 0.6 is 35.5 Å². The van der Waals surface area contributed by atoms with Crippen molar-refractivity contribution in [2.75, 3.05) is 17.6 Å². The van der Waals surface area contributed by atoms with E-state index in [1.807, 2.05) is 24.3 Å². The summed E-state index contributed by atoms with van der Waals surface area (Å²) in [6.45, 7) is 8.07. The molecule has 3 N–H and O–H groups in total. The van der Waals surface area contributed by atoms with Gasteiger partial charge in [0.2, 0.25) is 0 Å². The van der Waals surface area contributed by atoms with E-state index in [0.29, 0.717) is 22.2 Å². The Morgan fingerprint density at radius 1 is 1.32 bits per heavy atom. The summed E-state index contributed by atoms with van der Waals surface area (Å²) in [6, 6.07) is 7.97. The van der Waals surface area contributed by atoms with Gasteiger partial charge in [-0.25, -0.2) is 0 Å². The van der Waals surface area contributed by atoms with Gasteiger partial charge in [0.25, 0.3) is 11.8 Å². The van der Waals surface area contributed by atoms with Crippen LogP contribution in [0.2, 0.25) is 0 Å². The number of primary amides is 1. The van der Waals surface area contributed by atoms with E-state index in [1.54, 1.807) is 11.8 Å². The molecule has 5 nitrogen and oxygen atoms in total. The summed E-state index contributed by atoms with van der Waals surface area (Å²) >= 11 is 3.10. The Kier molecular flexibility index (Phi) is 7.95. The van der Waals surface area contributed by atoms with Gasteiger partial charge in [-0.1, -0.05) is 19.1 Å². The maximum Gasteiger partial charge on any atom is 0.257 e. The van der Waals surface area contributed by atoms with Crippen molar-refractivity contribution < 1.29 is 9.59 Å². The molecule has 1 aromatic carbocycles. The molecule has 0 saturated carbocycles. The lowest BCUT2D eigenvalue weighted by atomic mass is 10.0. The normalized spacial score (nSPS) is 13.7. The van der Waals surface area contributed by atoms with E-state index in [4.69, 9.17) is 5.73 Å². The molecule has 0 atom stereocenters. The standard InChI is InChI=1S/C20H25N3O2S2.ClH/c1-4-26-15-8-6-5-7-14(15)19(25)22-20-17(18(21)24)13-9-10-23(12(2)3)11-16(13)27-20;/h5-8,12H,4,9-11H2,1-3H3,(H2,21,24)(H,22,25);1H. The first kappa shape index (κ1) is 22.7. The molecule has 2 aromatic rings. The maximum atomic E-state index is 12.9. The van der Waals surface area contributed by atoms with Crippen LogP contribution in [0.4, 0.5) is 5.00 Å². The predicted molar refractivity (Wildman–Crippen MR) is 120 cm³/mol. The lowest BCUT2D eigenvalue weighted by molar-refractivity contribution is 0.0999. The number of benzene rings is 1. The van der Waals surface area contributed by atoms with Crippen molar-refractivity contribution in [3.05, 3.63) is 45.8 Å². The van der Waals surface area contributed by atoms with Crippen molar-refractivity contribution in [2.24, 2.45) is 5.73 Å². The lowest BCUT2D eigenvalue weighted by Crippen LogP contribution is -2.35. The number of hydrogen-bond donors (Lipinski definition) is 2. The predicted octanol–water partition coefficient (Wildman–Crippen LogP) is 4.40. The largest absolute Gasteiger partial charge is 0.365 e. The second kappa shape index (κ2) is 9.78. The Morgan fingerprint density at radius 3 is 2.68 bits per heavy atom. The second-order valence-electron chi connectivity index (χ2n) is 6.77. The fraction of sp³-hybridized carbons (Fsp3) is 0.400. The number of fused-ring (bicyclic) bond motifs is 1. The number of carbonyl (C=O) groups is 2. The zero-order chi connectivity index (χ0) is 19.6. The Morgan fingerprint density at radius 2 is 2.04 bits per heavy atom. The number of thioether (sulfide) groups is 1. The molecular formula is C20H26ClN3O2S2. The summed E-state index contributed by atoms with van der Waals surface area (Å²) < 4.78 is 0.